The first-order valence-corrected chi connectivity index (χ1v) is 7.59. The number of amides is 1. The molecule has 0 radical (unpaired) electrons. The van der Waals surface area contributed by atoms with Gasteiger partial charge in [-0.15, -0.1) is 0 Å². The molecule has 0 spiro atoms. The molecule has 2 aromatic carbocycles. The van der Waals surface area contributed by atoms with Gasteiger partial charge in [0.2, 0.25) is 0 Å². The lowest BCUT2D eigenvalue weighted by atomic mass is 10.0. The first-order valence-electron chi connectivity index (χ1n) is 7.59. The van der Waals surface area contributed by atoms with Gasteiger partial charge in [-0.05, 0) is 23.1 Å². The van der Waals surface area contributed by atoms with Crippen LogP contribution in [-0.2, 0) is 11.3 Å². The number of carbonyl (C=O) groups excluding carboxylic acids is 1. The Balaban J connectivity index is 1.51. The monoisotopic (exact) mass is 291 g/mol. The van der Waals surface area contributed by atoms with Gasteiger partial charge in [-0.2, -0.15) is 0 Å². The third kappa shape index (κ3) is 2.19. The van der Waals surface area contributed by atoms with Crippen LogP contribution in [0.5, 0.6) is 0 Å². The topological polar surface area (TPSA) is 29.5 Å². The minimum absolute atomic E-state index is 0.106. The van der Waals surface area contributed by atoms with Gasteiger partial charge in [-0.25, -0.2) is 4.79 Å². The van der Waals surface area contributed by atoms with Crippen molar-refractivity contribution in [2.24, 2.45) is 0 Å². The highest BCUT2D eigenvalue weighted by Crippen LogP contribution is 2.47. The summed E-state index contributed by atoms with van der Waals surface area (Å²) in [5.74, 6) is 0.430. The van der Waals surface area contributed by atoms with E-state index in [1.165, 1.54) is 11.1 Å². The zero-order valence-corrected chi connectivity index (χ0v) is 12.2. The SMILES string of the molecule is O=C(OCc1ccccc1)N1C=C[C@H]2C[C@@H]1c1ccccc12. The third-order valence-corrected chi connectivity index (χ3v) is 4.46. The summed E-state index contributed by atoms with van der Waals surface area (Å²) < 4.78 is 5.47. The van der Waals surface area contributed by atoms with Crippen LogP contribution in [0.2, 0.25) is 0 Å². The summed E-state index contributed by atoms with van der Waals surface area (Å²) in [5.41, 5.74) is 3.58. The summed E-state index contributed by atoms with van der Waals surface area (Å²) in [6.45, 7) is 0.307. The maximum atomic E-state index is 12.4. The molecular formula is C19H17NO2. The van der Waals surface area contributed by atoms with Crippen LogP contribution in [0.1, 0.15) is 35.1 Å². The van der Waals surface area contributed by atoms with Crippen LogP contribution in [0.4, 0.5) is 4.79 Å². The van der Waals surface area contributed by atoms with Gasteiger partial charge in [0.1, 0.15) is 6.61 Å². The predicted molar refractivity (Wildman–Crippen MR) is 84.1 cm³/mol. The van der Waals surface area contributed by atoms with Crippen molar-refractivity contribution < 1.29 is 9.53 Å². The average molecular weight is 291 g/mol. The number of allylic oxidation sites excluding steroid dienone is 1. The molecule has 0 fully saturated rings. The van der Waals surface area contributed by atoms with E-state index >= 15 is 0 Å². The molecule has 2 atom stereocenters. The Hall–Kier alpha value is -2.55. The van der Waals surface area contributed by atoms with E-state index in [9.17, 15) is 4.79 Å². The summed E-state index contributed by atoms with van der Waals surface area (Å²) in [6.07, 6.45) is 4.66. The van der Waals surface area contributed by atoms with Gasteiger partial charge in [-0.3, -0.25) is 4.90 Å². The van der Waals surface area contributed by atoms with Crippen molar-refractivity contribution in [1.82, 2.24) is 4.90 Å². The molecule has 1 heterocycles. The number of hydrogen-bond acceptors (Lipinski definition) is 2. The Morgan fingerprint density at radius 2 is 1.77 bits per heavy atom. The minimum Gasteiger partial charge on any atom is -0.444 e. The van der Waals surface area contributed by atoms with Gasteiger partial charge in [-0.1, -0.05) is 60.7 Å². The molecule has 2 aliphatic rings. The number of carbonyl (C=O) groups is 1. The van der Waals surface area contributed by atoms with E-state index in [4.69, 9.17) is 4.74 Å². The lowest BCUT2D eigenvalue weighted by Crippen LogP contribution is -2.31. The normalized spacial score (nSPS) is 21.5. The Labute approximate surface area is 129 Å². The second kappa shape index (κ2) is 5.34. The molecule has 110 valence electrons. The van der Waals surface area contributed by atoms with Gasteiger partial charge < -0.3 is 4.74 Å². The van der Waals surface area contributed by atoms with Crippen molar-refractivity contribution in [1.29, 1.82) is 0 Å². The summed E-state index contributed by atoms with van der Waals surface area (Å²) in [7, 11) is 0. The maximum Gasteiger partial charge on any atom is 0.414 e. The van der Waals surface area contributed by atoms with Gasteiger partial charge in [0.25, 0.3) is 0 Å². The highest BCUT2D eigenvalue weighted by Gasteiger charge is 2.38. The number of fused-ring (bicyclic) bond motifs is 5. The van der Waals surface area contributed by atoms with Gasteiger partial charge in [0.15, 0.2) is 0 Å². The molecule has 1 aliphatic carbocycles. The molecule has 0 aromatic heterocycles. The molecule has 2 aromatic rings. The molecule has 1 aliphatic heterocycles. The molecule has 2 bridgehead atoms. The summed E-state index contributed by atoms with van der Waals surface area (Å²) in [6, 6.07) is 18.2. The number of ether oxygens (including phenoxy) is 1. The Morgan fingerprint density at radius 3 is 2.59 bits per heavy atom. The van der Waals surface area contributed by atoms with E-state index in [1.807, 2.05) is 42.6 Å². The zero-order chi connectivity index (χ0) is 14.9. The number of rotatable bonds is 2. The summed E-state index contributed by atoms with van der Waals surface area (Å²) in [4.78, 5) is 14.1. The quantitative estimate of drug-likeness (QED) is 0.821. The van der Waals surface area contributed by atoms with Crippen molar-refractivity contribution in [3.05, 3.63) is 83.6 Å². The Kier molecular flexibility index (Phi) is 3.19. The minimum atomic E-state index is -0.278. The van der Waals surface area contributed by atoms with E-state index in [0.717, 1.165) is 12.0 Å². The van der Waals surface area contributed by atoms with Crippen LogP contribution >= 0.6 is 0 Å². The molecule has 0 saturated heterocycles. The largest absolute Gasteiger partial charge is 0.444 e. The lowest BCUT2D eigenvalue weighted by molar-refractivity contribution is 0.0961. The van der Waals surface area contributed by atoms with Crippen LogP contribution in [0.25, 0.3) is 0 Å². The Bertz CT molecular complexity index is 723. The molecule has 0 N–H and O–H groups in total. The van der Waals surface area contributed by atoms with E-state index in [0.29, 0.717) is 12.5 Å². The number of benzene rings is 2. The lowest BCUT2D eigenvalue weighted by Gasteiger charge is -2.28. The van der Waals surface area contributed by atoms with Crippen molar-refractivity contribution in [3.63, 3.8) is 0 Å². The molecule has 22 heavy (non-hydrogen) atoms. The van der Waals surface area contributed by atoms with Crippen LogP contribution in [-0.4, -0.2) is 11.0 Å². The number of hydrogen-bond donors (Lipinski definition) is 0. The molecule has 1 amide bonds. The van der Waals surface area contributed by atoms with Crippen molar-refractivity contribution >= 4 is 6.09 Å². The van der Waals surface area contributed by atoms with E-state index in [2.05, 4.69) is 24.3 Å². The second-order valence-electron chi connectivity index (χ2n) is 5.78. The van der Waals surface area contributed by atoms with Crippen molar-refractivity contribution in [2.75, 3.05) is 0 Å². The zero-order valence-electron chi connectivity index (χ0n) is 12.2. The van der Waals surface area contributed by atoms with Crippen molar-refractivity contribution in [2.45, 2.75) is 25.0 Å². The second-order valence-corrected chi connectivity index (χ2v) is 5.78. The Morgan fingerprint density at radius 1 is 1.05 bits per heavy atom. The van der Waals surface area contributed by atoms with Gasteiger partial charge in [0, 0.05) is 12.1 Å². The molecular weight excluding hydrogens is 274 g/mol. The van der Waals surface area contributed by atoms with Crippen LogP contribution in [0.15, 0.2) is 66.9 Å². The first-order chi connectivity index (χ1) is 10.8. The van der Waals surface area contributed by atoms with E-state index < -0.39 is 0 Å². The molecule has 0 unspecified atom stereocenters. The van der Waals surface area contributed by atoms with Gasteiger partial charge in [0.05, 0.1) is 6.04 Å². The van der Waals surface area contributed by atoms with Gasteiger partial charge >= 0.3 is 6.09 Å². The molecule has 0 saturated carbocycles. The predicted octanol–water partition coefficient (Wildman–Crippen LogP) is 4.38. The smallest absolute Gasteiger partial charge is 0.414 e. The number of nitrogens with zero attached hydrogens (tertiary/aromatic N) is 1. The molecule has 3 heteroatoms. The van der Waals surface area contributed by atoms with E-state index in [-0.39, 0.29) is 12.1 Å². The highest BCUT2D eigenvalue weighted by atomic mass is 16.6. The summed E-state index contributed by atoms with van der Waals surface area (Å²) >= 11 is 0. The highest BCUT2D eigenvalue weighted by molar-refractivity contribution is 5.71. The molecule has 4 rings (SSSR count). The van der Waals surface area contributed by atoms with E-state index in [1.54, 1.807) is 4.90 Å². The fourth-order valence-electron chi connectivity index (χ4n) is 3.37. The van der Waals surface area contributed by atoms with Crippen LogP contribution < -0.4 is 0 Å². The van der Waals surface area contributed by atoms with Crippen molar-refractivity contribution in [3.8, 4) is 0 Å². The fraction of sp³-hybridized carbons (Fsp3) is 0.211. The fourth-order valence-corrected chi connectivity index (χ4v) is 3.37. The summed E-state index contributed by atoms with van der Waals surface area (Å²) in [5, 5.41) is 0. The first kappa shape index (κ1) is 13.1. The average Bonchev–Trinajstić information content (AvgIpc) is 2.87. The third-order valence-electron chi connectivity index (χ3n) is 4.46. The van der Waals surface area contributed by atoms with Crippen LogP contribution in [0, 0.1) is 0 Å². The maximum absolute atomic E-state index is 12.4. The molecule has 3 nitrogen and oxygen atoms in total. The van der Waals surface area contributed by atoms with Crippen LogP contribution in [0.3, 0.4) is 0 Å². The standard InChI is InChI=1S/C19H17NO2/c21-19(22-13-14-6-2-1-3-7-14)20-11-10-15-12-18(20)17-9-5-4-8-16(15)17/h1-11,15,18H,12-13H2/t15-,18+/m0/s1.